The van der Waals surface area contributed by atoms with Gasteiger partial charge >= 0.3 is 5.97 Å². The van der Waals surface area contributed by atoms with Gasteiger partial charge in [0.05, 0.1) is 16.8 Å². The Hall–Kier alpha value is -2.86. The van der Waals surface area contributed by atoms with Crippen LogP contribution in [0, 0.1) is 6.92 Å². The highest BCUT2D eigenvalue weighted by atomic mass is 16.5. The van der Waals surface area contributed by atoms with Crippen LogP contribution in [0.3, 0.4) is 0 Å². The molecule has 3 rings (SSSR count). The van der Waals surface area contributed by atoms with Crippen molar-refractivity contribution in [2.45, 2.75) is 33.4 Å². The van der Waals surface area contributed by atoms with Gasteiger partial charge in [0.15, 0.2) is 0 Å². The molecular formula is C21H25N3O3. The van der Waals surface area contributed by atoms with Crippen molar-refractivity contribution >= 4 is 22.7 Å². The van der Waals surface area contributed by atoms with Crippen molar-refractivity contribution in [3.05, 3.63) is 58.4 Å². The summed E-state index contributed by atoms with van der Waals surface area (Å²) >= 11 is 0. The third kappa shape index (κ3) is 3.53. The molecule has 0 saturated heterocycles. The molecule has 0 radical (unpaired) electrons. The average molecular weight is 367 g/mol. The SMILES string of the molecule is CCc1cccc(C)c1CNc1c(C(=O)O)ccc2c1nc(COC)n2C. The number of benzene rings is 2. The van der Waals surface area contributed by atoms with Crippen molar-refractivity contribution in [3.8, 4) is 0 Å². The summed E-state index contributed by atoms with van der Waals surface area (Å²) in [7, 11) is 3.52. The molecule has 2 N–H and O–H groups in total. The van der Waals surface area contributed by atoms with E-state index >= 15 is 0 Å². The minimum atomic E-state index is -0.973. The van der Waals surface area contributed by atoms with Gasteiger partial charge in [-0.3, -0.25) is 0 Å². The number of carbonyl (C=O) groups is 1. The van der Waals surface area contributed by atoms with E-state index in [1.807, 2.05) is 11.6 Å². The van der Waals surface area contributed by atoms with Crippen molar-refractivity contribution in [1.82, 2.24) is 9.55 Å². The molecule has 0 aliphatic heterocycles. The first kappa shape index (κ1) is 18.9. The lowest BCUT2D eigenvalue weighted by molar-refractivity contribution is 0.0698. The number of carboxylic acids is 1. The maximum atomic E-state index is 11.8. The lowest BCUT2D eigenvalue weighted by Crippen LogP contribution is -2.09. The van der Waals surface area contributed by atoms with Crippen molar-refractivity contribution in [3.63, 3.8) is 0 Å². The zero-order valence-electron chi connectivity index (χ0n) is 16.2. The van der Waals surface area contributed by atoms with E-state index in [9.17, 15) is 9.90 Å². The topological polar surface area (TPSA) is 76.4 Å². The van der Waals surface area contributed by atoms with Crippen LogP contribution in [0.4, 0.5) is 5.69 Å². The summed E-state index contributed by atoms with van der Waals surface area (Å²) in [6.45, 7) is 5.11. The Labute approximate surface area is 158 Å². The lowest BCUT2D eigenvalue weighted by Gasteiger charge is -2.15. The number of imidazole rings is 1. The zero-order chi connectivity index (χ0) is 19.6. The quantitative estimate of drug-likeness (QED) is 0.662. The number of aryl methyl sites for hydroxylation is 3. The Bertz CT molecular complexity index is 992. The summed E-state index contributed by atoms with van der Waals surface area (Å²) in [5.41, 5.74) is 5.92. The molecule has 0 aliphatic rings. The maximum Gasteiger partial charge on any atom is 0.337 e. The van der Waals surface area contributed by atoms with Gasteiger partial charge in [-0.1, -0.05) is 25.1 Å². The van der Waals surface area contributed by atoms with Gasteiger partial charge < -0.3 is 19.7 Å². The maximum absolute atomic E-state index is 11.8. The third-order valence-electron chi connectivity index (χ3n) is 4.98. The fourth-order valence-electron chi connectivity index (χ4n) is 3.45. The van der Waals surface area contributed by atoms with Gasteiger partial charge in [-0.25, -0.2) is 9.78 Å². The predicted molar refractivity (Wildman–Crippen MR) is 106 cm³/mol. The predicted octanol–water partition coefficient (Wildman–Crippen LogP) is 3.90. The number of nitrogens with zero attached hydrogens (tertiary/aromatic N) is 2. The molecule has 6 nitrogen and oxygen atoms in total. The van der Waals surface area contributed by atoms with Crippen LogP contribution in [0.1, 0.15) is 39.8 Å². The van der Waals surface area contributed by atoms with Crippen LogP contribution >= 0.6 is 0 Å². The second-order valence-electron chi connectivity index (χ2n) is 6.60. The van der Waals surface area contributed by atoms with E-state index in [0.29, 0.717) is 24.4 Å². The molecule has 27 heavy (non-hydrogen) atoms. The number of methoxy groups -OCH3 is 1. The number of aromatic carboxylic acids is 1. The number of fused-ring (bicyclic) bond motifs is 1. The molecular weight excluding hydrogens is 342 g/mol. The smallest absolute Gasteiger partial charge is 0.337 e. The van der Waals surface area contributed by atoms with Crippen molar-refractivity contribution in [2.75, 3.05) is 12.4 Å². The first-order valence-corrected chi connectivity index (χ1v) is 8.99. The minimum Gasteiger partial charge on any atom is -0.478 e. The fourth-order valence-corrected chi connectivity index (χ4v) is 3.45. The highest BCUT2D eigenvalue weighted by Crippen LogP contribution is 2.29. The van der Waals surface area contributed by atoms with Gasteiger partial charge in [-0.15, -0.1) is 0 Å². The number of ether oxygens (including phenoxy) is 1. The molecule has 2 aromatic carbocycles. The van der Waals surface area contributed by atoms with Crippen LogP contribution in [0.15, 0.2) is 30.3 Å². The first-order valence-electron chi connectivity index (χ1n) is 8.99. The zero-order valence-corrected chi connectivity index (χ0v) is 16.2. The van der Waals surface area contributed by atoms with Gasteiger partial charge in [0.1, 0.15) is 17.9 Å². The lowest BCUT2D eigenvalue weighted by atomic mass is 10.00. The summed E-state index contributed by atoms with van der Waals surface area (Å²) in [5.74, 6) is -0.220. The molecule has 1 heterocycles. The van der Waals surface area contributed by atoms with E-state index in [1.54, 1.807) is 19.2 Å². The molecule has 0 unspecified atom stereocenters. The van der Waals surface area contributed by atoms with E-state index in [0.717, 1.165) is 17.8 Å². The largest absolute Gasteiger partial charge is 0.478 e. The van der Waals surface area contributed by atoms with Crippen molar-refractivity contribution in [2.24, 2.45) is 7.05 Å². The Morgan fingerprint density at radius 2 is 2.07 bits per heavy atom. The molecule has 0 amide bonds. The van der Waals surface area contributed by atoms with Gasteiger partial charge in [0.25, 0.3) is 0 Å². The van der Waals surface area contributed by atoms with Crippen LogP contribution in [-0.2, 0) is 31.4 Å². The Morgan fingerprint density at radius 1 is 1.30 bits per heavy atom. The van der Waals surface area contributed by atoms with E-state index in [2.05, 4.69) is 42.3 Å². The van der Waals surface area contributed by atoms with E-state index in [-0.39, 0.29) is 5.56 Å². The molecule has 0 bridgehead atoms. The first-order chi connectivity index (χ1) is 13.0. The van der Waals surface area contributed by atoms with Crippen molar-refractivity contribution in [1.29, 1.82) is 0 Å². The van der Waals surface area contributed by atoms with Gasteiger partial charge in [0.2, 0.25) is 0 Å². The van der Waals surface area contributed by atoms with Crippen LogP contribution in [-0.4, -0.2) is 27.7 Å². The normalized spacial score (nSPS) is 11.1. The Morgan fingerprint density at radius 3 is 2.74 bits per heavy atom. The number of aromatic nitrogens is 2. The highest BCUT2D eigenvalue weighted by Gasteiger charge is 2.19. The summed E-state index contributed by atoms with van der Waals surface area (Å²) in [4.78, 5) is 16.4. The van der Waals surface area contributed by atoms with Crippen LogP contribution in [0.5, 0.6) is 0 Å². The number of rotatable bonds is 7. The van der Waals surface area contributed by atoms with Crippen LogP contribution < -0.4 is 5.32 Å². The number of carboxylic acid groups (broad SMARTS) is 1. The Balaban J connectivity index is 2.08. The number of nitrogens with one attached hydrogen (secondary N) is 1. The minimum absolute atomic E-state index is 0.219. The second-order valence-corrected chi connectivity index (χ2v) is 6.60. The average Bonchev–Trinajstić information content (AvgIpc) is 2.96. The third-order valence-corrected chi connectivity index (χ3v) is 4.98. The molecule has 0 atom stereocenters. The van der Waals surface area contributed by atoms with Gasteiger partial charge in [-0.2, -0.15) is 0 Å². The summed E-state index contributed by atoms with van der Waals surface area (Å²) in [6.07, 6.45) is 0.927. The monoisotopic (exact) mass is 367 g/mol. The fraction of sp³-hybridized carbons (Fsp3) is 0.333. The summed E-state index contributed by atoms with van der Waals surface area (Å²) in [6, 6.07) is 9.66. The molecule has 0 aliphatic carbocycles. The molecule has 0 fully saturated rings. The molecule has 142 valence electrons. The van der Waals surface area contributed by atoms with Crippen LogP contribution in [0.2, 0.25) is 0 Å². The molecule has 6 heteroatoms. The molecule has 0 spiro atoms. The van der Waals surface area contributed by atoms with E-state index in [1.165, 1.54) is 16.7 Å². The number of hydrogen-bond donors (Lipinski definition) is 2. The Kier molecular flexibility index (Phi) is 5.46. The summed E-state index contributed by atoms with van der Waals surface area (Å²) in [5, 5.41) is 13.0. The van der Waals surface area contributed by atoms with E-state index < -0.39 is 5.97 Å². The standard InChI is InChI=1S/C21H25N3O3/c1-5-14-8-6-7-13(2)16(14)11-22-19-15(21(25)26)9-10-17-20(19)23-18(12-27-4)24(17)3/h6-10,22H,5,11-12H2,1-4H3,(H,25,26). The molecule has 0 saturated carbocycles. The van der Waals surface area contributed by atoms with E-state index in [4.69, 9.17) is 4.74 Å². The van der Waals surface area contributed by atoms with Crippen LogP contribution in [0.25, 0.3) is 11.0 Å². The summed E-state index contributed by atoms with van der Waals surface area (Å²) < 4.78 is 7.14. The molecule has 1 aromatic heterocycles. The van der Waals surface area contributed by atoms with Gasteiger partial charge in [-0.05, 0) is 42.2 Å². The van der Waals surface area contributed by atoms with Gasteiger partial charge in [0, 0.05) is 20.7 Å². The number of anilines is 1. The number of hydrogen-bond acceptors (Lipinski definition) is 4. The molecule has 3 aromatic rings. The second kappa shape index (κ2) is 7.80. The highest BCUT2D eigenvalue weighted by molar-refractivity contribution is 6.03. The van der Waals surface area contributed by atoms with Crippen molar-refractivity contribution < 1.29 is 14.6 Å².